The minimum atomic E-state index is 0. The Hall–Kier alpha value is 1.35. The van der Waals surface area contributed by atoms with Gasteiger partial charge in [0.25, 0.3) is 0 Å². The van der Waals surface area contributed by atoms with Crippen LogP contribution in [0.2, 0.25) is 0 Å². The number of hydrogen-bond donors (Lipinski definition) is 0. The van der Waals surface area contributed by atoms with Gasteiger partial charge in [0.15, 0.2) is 0 Å². The molecule has 0 aromatic heterocycles. The van der Waals surface area contributed by atoms with Crippen molar-refractivity contribution in [3.05, 3.63) is 0 Å². The summed E-state index contributed by atoms with van der Waals surface area (Å²) in [6.45, 7) is 2.11. The van der Waals surface area contributed by atoms with Crippen LogP contribution in [0.4, 0.5) is 0 Å². The first-order chi connectivity index (χ1) is 2.41. The summed E-state index contributed by atoms with van der Waals surface area (Å²) in [6, 6.07) is 0. The van der Waals surface area contributed by atoms with E-state index in [2.05, 4.69) is 0 Å². The zero-order valence-electron chi connectivity index (χ0n) is 4.94. The van der Waals surface area contributed by atoms with Crippen LogP contribution in [0.15, 0.2) is 0 Å². The van der Waals surface area contributed by atoms with E-state index in [-0.39, 0.29) is 55.5 Å². The fraction of sp³-hybridized carbons (Fsp3) is 1.00. The second kappa shape index (κ2) is 23.8. The predicted molar refractivity (Wildman–Crippen MR) is 20.5 cm³/mol. The molecular weight excluding hydrogens is 176 g/mol. The molecule has 0 spiro atoms. The van der Waals surface area contributed by atoms with Crippen LogP contribution in [0.5, 0.6) is 0 Å². The summed E-state index contributed by atoms with van der Waals surface area (Å²) in [5.74, 6) is 0. The van der Waals surface area contributed by atoms with E-state index < -0.39 is 0 Å². The number of hydrogen-bond acceptors (Lipinski definition) is 1. The summed E-state index contributed by atoms with van der Waals surface area (Å²) in [5.41, 5.74) is 0. The van der Waals surface area contributed by atoms with Gasteiger partial charge in [-0.15, -0.1) is 6.61 Å². The van der Waals surface area contributed by atoms with Crippen molar-refractivity contribution in [3.63, 3.8) is 0 Å². The Labute approximate surface area is 80.1 Å². The van der Waals surface area contributed by atoms with E-state index in [0.717, 1.165) is 12.8 Å². The Morgan fingerprint density at radius 3 is 1.62 bits per heavy atom. The first-order valence-electron chi connectivity index (χ1n) is 2.00. The zero-order valence-corrected chi connectivity index (χ0v) is 8.06. The maximum Gasteiger partial charge on any atom is 4.00 e. The van der Waals surface area contributed by atoms with Crippen LogP contribution in [-0.2, 0) is 48.9 Å². The quantitative estimate of drug-likeness (QED) is 0.559. The fourth-order valence-electron chi connectivity index (χ4n) is 0.144. The van der Waals surface area contributed by atoms with Crippen molar-refractivity contribution in [2.45, 2.75) is 19.8 Å². The molecule has 0 N–H and O–H groups in total. The second-order valence-corrected chi connectivity index (χ2v) is 1.06. The van der Waals surface area contributed by atoms with Crippen LogP contribution in [0.25, 0.3) is 0 Å². The minimum absolute atomic E-state index is 0. The number of unbranched alkanes of at least 4 members (excludes halogenated alkanes) is 1. The van der Waals surface area contributed by atoms with Crippen LogP contribution >= 0.6 is 0 Å². The molecule has 8 heavy (non-hydrogen) atoms. The Bertz CT molecular complexity index is 19.5. The van der Waals surface area contributed by atoms with Gasteiger partial charge >= 0.3 is 43.4 Å². The van der Waals surface area contributed by atoms with E-state index in [4.69, 9.17) is 0 Å². The largest absolute Gasteiger partial charge is 4.00 e. The molecule has 0 aromatic rings. The molecule has 0 fully saturated rings. The smallest absolute Gasteiger partial charge is 2.00 e. The van der Waals surface area contributed by atoms with Crippen molar-refractivity contribution in [2.24, 2.45) is 0 Å². The van der Waals surface area contributed by atoms with Crippen LogP contribution in [-0.4, -0.2) is 6.61 Å². The van der Waals surface area contributed by atoms with E-state index >= 15 is 0 Å². The third kappa shape index (κ3) is 26.4. The van der Waals surface area contributed by atoms with Gasteiger partial charge < -0.3 is 10.6 Å². The van der Waals surface area contributed by atoms with Crippen LogP contribution in [0, 0.1) is 0 Å². The topological polar surface area (TPSA) is 51.6 Å². The predicted octanol–water partition coefficient (Wildman–Crippen LogP) is 0.0230. The molecule has 0 amide bonds. The minimum Gasteiger partial charge on any atom is -2.00 e. The average molecular weight is 185 g/mol. The Balaban J connectivity index is -0.0000000267. The van der Waals surface area contributed by atoms with Crippen molar-refractivity contribution >= 4 is 0 Å². The molecule has 0 aliphatic heterocycles. The first kappa shape index (κ1) is 22.8. The molecule has 0 rings (SSSR count). The standard InChI is InChI=1S/C4H9O.O.2Ti/c1-2-3-4-5;;;/h2-4H2,1H3;;;/q-1;-2;2*+4. The van der Waals surface area contributed by atoms with Gasteiger partial charge in [0.1, 0.15) is 0 Å². The van der Waals surface area contributed by atoms with Crippen LogP contribution in [0.1, 0.15) is 19.8 Å². The first-order valence-corrected chi connectivity index (χ1v) is 2.00. The molecule has 2 nitrogen and oxygen atoms in total. The molecule has 0 saturated carbocycles. The van der Waals surface area contributed by atoms with E-state index in [0.29, 0.717) is 0 Å². The summed E-state index contributed by atoms with van der Waals surface area (Å²) in [4.78, 5) is 0. The van der Waals surface area contributed by atoms with Gasteiger partial charge in [0.2, 0.25) is 0 Å². The summed E-state index contributed by atoms with van der Waals surface area (Å²) in [7, 11) is 0. The van der Waals surface area contributed by atoms with E-state index in [1.54, 1.807) is 0 Å². The Kier molecular flexibility index (Phi) is 67.9. The molecule has 0 aromatic carbocycles. The molecule has 0 heterocycles. The van der Waals surface area contributed by atoms with Gasteiger partial charge in [0.05, 0.1) is 0 Å². The fourth-order valence-corrected chi connectivity index (χ4v) is 0.144. The van der Waals surface area contributed by atoms with E-state index in [1.807, 2.05) is 6.92 Å². The molecule has 40 valence electrons. The van der Waals surface area contributed by atoms with Gasteiger partial charge in [-0.2, -0.15) is 0 Å². The molecule has 0 radical (unpaired) electrons. The van der Waals surface area contributed by atoms with Crippen LogP contribution in [0.3, 0.4) is 0 Å². The molecule has 0 saturated heterocycles. The van der Waals surface area contributed by atoms with Crippen molar-refractivity contribution in [3.8, 4) is 0 Å². The maximum absolute atomic E-state index is 9.53. The summed E-state index contributed by atoms with van der Waals surface area (Å²) in [6.07, 6.45) is 1.86. The van der Waals surface area contributed by atoms with Crippen LogP contribution < -0.4 is 5.11 Å². The Morgan fingerprint density at radius 1 is 1.25 bits per heavy atom. The van der Waals surface area contributed by atoms with Gasteiger partial charge in [-0.3, -0.25) is 0 Å². The van der Waals surface area contributed by atoms with Crippen molar-refractivity contribution in [1.82, 2.24) is 0 Å². The molecule has 0 atom stereocenters. The third-order valence-corrected chi connectivity index (χ3v) is 0.498. The molecule has 0 aliphatic rings. The molecule has 0 unspecified atom stereocenters. The summed E-state index contributed by atoms with van der Waals surface area (Å²) in [5, 5.41) is 9.53. The monoisotopic (exact) mass is 185 g/mol. The van der Waals surface area contributed by atoms with E-state index in [1.165, 1.54) is 0 Å². The second-order valence-electron chi connectivity index (χ2n) is 1.06. The van der Waals surface area contributed by atoms with Crippen molar-refractivity contribution in [2.75, 3.05) is 6.61 Å². The molecule has 4 heteroatoms. The van der Waals surface area contributed by atoms with Gasteiger partial charge in [-0.1, -0.05) is 19.8 Å². The SMILES string of the molecule is CCCC[O-].[O-2].[Ti+4].[Ti+4]. The summed E-state index contributed by atoms with van der Waals surface area (Å²) < 4.78 is 0. The summed E-state index contributed by atoms with van der Waals surface area (Å²) >= 11 is 0. The van der Waals surface area contributed by atoms with E-state index in [9.17, 15) is 5.11 Å². The molecular formula is C4H9O2Ti2+5. The molecule has 0 bridgehead atoms. The van der Waals surface area contributed by atoms with Crippen molar-refractivity contribution in [1.29, 1.82) is 0 Å². The normalized spacial score (nSPS) is 5.25. The van der Waals surface area contributed by atoms with Gasteiger partial charge in [0, 0.05) is 0 Å². The van der Waals surface area contributed by atoms with Gasteiger partial charge in [-0.05, 0) is 0 Å². The number of rotatable bonds is 2. The van der Waals surface area contributed by atoms with Crippen molar-refractivity contribution < 1.29 is 54.0 Å². The maximum atomic E-state index is 9.53. The molecule has 0 aliphatic carbocycles. The average Bonchev–Trinajstić information content (AvgIpc) is 1.41. The Morgan fingerprint density at radius 2 is 1.62 bits per heavy atom. The third-order valence-electron chi connectivity index (χ3n) is 0.498. The zero-order chi connectivity index (χ0) is 4.12. The van der Waals surface area contributed by atoms with Gasteiger partial charge in [-0.25, -0.2) is 0 Å².